The fourth-order valence-electron chi connectivity index (χ4n) is 2.20. The van der Waals surface area contributed by atoms with Gasteiger partial charge in [-0.25, -0.2) is 4.98 Å². The Hall–Kier alpha value is -2.21. The highest BCUT2D eigenvalue weighted by molar-refractivity contribution is 8.01. The molecular formula is C18H17ClN4O4S3. The summed E-state index contributed by atoms with van der Waals surface area (Å²) in [5.74, 6) is 0.166. The van der Waals surface area contributed by atoms with Crippen molar-refractivity contribution in [1.82, 2.24) is 15.2 Å². The second kappa shape index (κ2) is 10.7. The normalized spacial score (nSPS) is 10.6. The van der Waals surface area contributed by atoms with Crippen molar-refractivity contribution in [3.8, 4) is 5.75 Å². The first-order chi connectivity index (χ1) is 14.4. The largest absolute Gasteiger partial charge is 0.486 e. The second-order valence-corrected chi connectivity index (χ2v) is 9.41. The monoisotopic (exact) mass is 484 g/mol. The molecule has 0 aliphatic carbocycles. The molecule has 0 saturated carbocycles. The van der Waals surface area contributed by atoms with Crippen LogP contribution in [0, 0.1) is 6.92 Å². The maximum atomic E-state index is 12.6. The topological polar surface area (TPSA) is 103 Å². The van der Waals surface area contributed by atoms with Crippen molar-refractivity contribution < 1.29 is 19.1 Å². The zero-order chi connectivity index (χ0) is 21.5. The van der Waals surface area contributed by atoms with Gasteiger partial charge in [0.25, 0.3) is 5.91 Å². The molecule has 1 N–H and O–H groups in total. The third-order valence-electron chi connectivity index (χ3n) is 3.47. The highest BCUT2D eigenvalue weighted by Crippen LogP contribution is 2.27. The molecule has 2 heterocycles. The maximum Gasteiger partial charge on any atom is 0.316 e. The summed E-state index contributed by atoms with van der Waals surface area (Å²) in [6.45, 7) is 4.08. The van der Waals surface area contributed by atoms with Gasteiger partial charge in [-0.2, -0.15) is 0 Å². The molecule has 3 rings (SSSR count). The molecule has 3 aromatic rings. The van der Waals surface area contributed by atoms with Crippen molar-refractivity contribution in [2.75, 3.05) is 17.7 Å². The lowest BCUT2D eigenvalue weighted by Crippen LogP contribution is -2.11. The summed E-state index contributed by atoms with van der Waals surface area (Å²) >= 11 is 9.51. The molecule has 12 heteroatoms. The Morgan fingerprint density at radius 1 is 1.20 bits per heavy atom. The summed E-state index contributed by atoms with van der Waals surface area (Å²) in [7, 11) is 0. The first kappa shape index (κ1) is 22.5. The lowest BCUT2D eigenvalue weighted by atomic mass is 10.3. The average molecular weight is 485 g/mol. The summed E-state index contributed by atoms with van der Waals surface area (Å²) in [6.07, 6.45) is 0. The molecule has 0 unspecified atom stereocenters. The number of hydrogen-bond donors (Lipinski definition) is 1. The van der Waals surface area contributed by atoms with E-state index in [4.69, 9.17) is 21.1 Å². The van der Waals surface area contributed by atoms with Crippen molar-refractivity contribution >= 4 is 63.0 Å². The lowest BCUT2D eigenvalue weighted by molar-refractivity contribution is -0.139. The van der Waals surface area contributed by atoms with Gasteiger partial charge in [-0.15, -0.1) is 21.5 Å². The molecule has 0 radical (unpaired) electrons. The van der Waals surface area contributed by atoms with Crippen molar-refractivity contribution in [2.24, 2.45) is 0 Å². The van der Waals surface area contributed by atoms with E-state index in [1.165, 1.54) is 34.4 Å². The van der Waals surface area contributed by atoms with Gasteiger partial charge in [-0.05, 0) is 38.1 Å². The Morgan fingerprint density at radius 3 is 2.70 bits per heavy atom. The van der Waals surface area contributed by atoms with E-state index < -0.39 is 0 Å². The van der Waals surface area contributed by atoms with Gasteiger partial charge in [-0.3, -0.25) is 14.9 Å². The van der Waals surface area contributed by atoms with Crippen molar-refractivity contribution in [1.29, 1.82) is 0 Å². The Kier molecular flexibility index (Phi) is 8.02. The van der Waals surface area contributed by atoms with Crippen LogP contribution < -0.4 is 10.1 Å². The van der Waals surface area contributed by atoms with Gasteiger partial charge in [0.2, 0.25) is 5.13 Å². The molecule has 0 aliphatic rings. The zero-order valence-electron chi connectivity index (χ0n) is 16.0. The molecule has 1 amide bonds. The van der Waals surface area contributed by atoms with E-state index in [0.717, 1.165) is 0 Å². The van der Waals surface area contributed by atoms with Crippen LogP contribution in [0.3, 0.4) is 0 Å². The Labute approximate surface area is 190 Å². The number of hydrogen-bond acceptors (Lipinski definition) is 10. The molecule has 0 spiro atoms. The number of anilines is 1. The molecule has 2 aromatic heterocycles. The zero-order valence-corrected chi connectivity index (χ0v) is 19.2. The van der Waals surface area contributed by atoms with Crippen LogP contribution >= 0.6 is 46.0 Å². The number of halogens is 1. The molecule has 158 valence electrons. The molecule has 0 fully saturated rings. The SMILES string of the molecule is CCOC(=O)CSc1nnc(NC(=O)c2sc(COc3ccc(Cl)cc3)nc2C)s1. The van der Waals surface area contributed by atoms with Crippen molar-refractivity contribution in [3.05, 3.63) is 44.9 Å². The van der Waals surface area contributed by atoms with E-state index in [2.05, 4.69) is 20.5 Å². The summed E-state index contributed by atoms with van der Waals surface area (Å²) in [5, 5.41) is 12.3. The molecule has 0 aliphatic heterocycles. The van der Waals surface area contributed by atoms with Crippen LogP contribution in [0.1, 0.15) is 27.3 Å². The lowest BCUT2D eigenvalue weighted by Gasteiger charge is -2.03. The van der Waals surface area contributed by atoms with E-state index in [0.29, 0.717) is 42.4 Å². The van der Waals surface area contributed by atoms with Gasteiger partial charge in [-0.1, -0.05) is 34.7 Å². The van der Waals surface area contributed by atoms with Crippen LogP contribution in [0.25, 0.3) is 0 Å². The van der Waals surface area contributed by atoms with Gasteiger partial charge < -0.3 is 9.47 Å². The van der Waals surface area contributed by atoms with Crippen LogP contribution in [-0.4, -0.2) is 39.4 Å². The standard InChI is InChI=1S/C18H17ClN4O4S3/c1-3-26-14(24)9-28-18-23-22-17(30-18)21-16(25)15-10(2)20-13(29-15)8-27-12-6-4-11(19)5-7-12/h4-7H,3,8-9H2,1-2H3,(H,21,22,25). The quantitative estimate of drug-likeness (QED) is 0.270. The number of amides is 1. The molecule has 0 saturated heterocycles. The minimum Gasteiger partial charge on any atom is -0.486 e. The third-order valence-corrected chi connectivity index (χ3v) is 6.80. The number of nitrogens with one attached hydrogen (secondary N) is 1. The van der Waals surface area contributed by atoms with E-state index >= 15 is 0 Å². The van der Waals surface area contributed by atoms with Crippen LogP contribution in [0.15, 0.2) is 28.6 Å². The van der Waals surface area contributed by atoms with Gasteiger partial charge in [0.05, 0.1) is 18.1 Å². The van der Waals surface area contributed by atoms with E-state index in [9.17, 15) is 9.59 Å². The Bertz CT molecular complexity index is 1020. The molecule has 0 bridgehead atoms. The van der Waals surface area contributed by atoms with Crippen LogP contribution in [-0.2, 0) is 16.1 Å². The number of aryl methyl sites for hydroxylation is 1. The summed E-state index contributed by atoms with van der Waals surface area (Å²) < 4.78 is 11.1. The third kappa shape index (κ3) is 6.39. The fraction of sp³-hybridized carbons (Fsp3) is 0.278. The number of esters is 1. The Balaban J connectivity index is 1.55. The Morgan fingerprint density at radius 2 is 1.97 bits per heavy atom. The van der Waals surface area contributed by atoms with E-state index in [1.54, 1.807) is 38.1 Å². The highest BCUT2D eigenvalue weighted by atomic mass is 35.5. The minimum absolute atomic E-state index is 0.140. The van der Waals surface area contributed by atoms with Crippen LogP contribution in [0.5, 0.6) is 5.75 Å². The van der Waals surface area contributed by atoms with Crippen molar-refractivity contribution in [3.63, 3.8) is 0 Å². The first-order valence-corrected chi connectivity index (χ1v) is 11.7. The highest BCUT2D eigenvalue weighted by Gasteiger charge is 2.18. The average Bonchev–Trinajstić information content (AvgIpc) is 3.32. The minimum atomic E-state index is -0.322. The number of aromatic nitrogens is 3. The van der Waals surface area contributed by atoms with Crippen LogP contribution in [0.2, 0.25) is 5.02 Å². The van der Waals surface area contributed by atoms with E-state index in [1.807, 2.05) is 0 Å². The summed E-state index contributed by atoms with van der Waals surface area (Å²) in [6, 6.07) is 7.02. The van der Waals surface area contributed by atoms with Gasteiger partial charge in [0.1, 0.15) is 22.2 Å². The second-order valence-electron chi connectivity index (χ2n) is 5.69. The van der Waals surface area contributed by atoms with E-state index in [-0.39, 0.29) is 24.2 Å². The van der Waals surface area contributed by atoms with Gasteiger partial charge >= 0.3 is 5.97 Å². The molecule has 30 heavy (non-hydrogen) atoms. The number of thioether (sulfide) groups is 1. The molecule has 0 atom stereocenters. The number of rotatable bonds is 9. The smallest absolute Gasteiger partial charge is 0.316 e. The van der Waals surface area contributed by atoms with Gasteiger partial charge in [0.15, 0.2) is 4.34 Å². The predicted octanol–water partition coefficient (Wildman–Crippen LogP) is 4.44. The molecule has 8 nitrogen and oxygen atoms in total. The number of ether oxygens (including phenoxy) is 2. The number of benzene rings is 1. The van der Waals surface area contributed by atoms with Crippen molar-refractivity contribution in [2.45, 2.75) is 24.8 Å². The number of thiazole rings is 1. The fourth-order valence-corrected chi connectivity index (χ4v) is 4.74. The van der Waals surface area contributed by atoms with Gasteiger partial charge in [0, 0.05) is 5.02 Å². The number of carbonyl (C=O) groups is 2. The maximum absolute atomic E-state index is 12.6. The summed E-state index contributed by atoms with van der Waals surface area (Å²) in [4.78, 5) is 28.9. The predicted molar refractivity (Wildman–Crippen MR) is 118 cm³/mol. The molecular weight excluding hydrogens is 468 g/mol. The summed E-state index contributed by atoms with van der Waals surface area (Å²) in [5.41, 5.74) is 0.605. The molecule has 1 aromatic carbocycles. The van der Waals surface area contributed by atoms with Crippen LogP contribution in [0.4, 0.5) is 5.13 Å². The number of carbonyl (C=O) groups excluding carboxylic acids is 2. The first-order valence-electron chi connectivity index (χ1n) is 8.72. The number of nitrogens with zero attached hydrogens (tertiary/aromatic N) is 3.